The van der Waals surface area contributed by atoms with Crippen LogP contribution in [-0.4, -0.2) is 117 Å². The largest absolute Gasteiger partial charge is 0.478 e. The lowest BCUT2D eigenvalue weighted by Crippen LogP contribution is -2.49. The number of hydrogen-bond acceptors (Lipinski definition) is 7. The molecule has 0 saturated carbocycles. The topological polar surface area (TPSA) is 179 Å². The molecular formula is C38H40ClFN4O9. The van der Waals surface area contributed by atoms with Crippen LogP contribution in [0.25, 0.3) is 0 Å². The first-order valence-corrected chi connectivity index (χ1v) is 17.1. The highest BCUT2D eigenvalue weighted by atomic mass is 35.5. The molecule has 2 unspecified atom stereocenters. The fourth-order valence-electron chi connectivity index (χ4n) is 6.47. The molecule has 2 heterocycles. The van der Waals surface area contributed by atoms with Gasteiger partial charge in [0, 0.05) is 99.3 Å². The molecule has 280 valence electrons. The van der Waals surface area contributed by atoms with Crippen molar-refractivity contribution in [3.8, 4) is 0 Å². The van der Waals surface area contributed by atoms with Gasteiger partial charge in [0.1, 0.15) is 5.82 Å². The van der Waals surface area contributed by atoms with Crippen molar-refractivity contribution in [1.82, 2.24) is 14.7 Å². The van der Waals surface area contributed by atoms with Crippen LogP contribution in [0.15, 0.2) is 97.1 Å². The summed E-state index contributed by atoms with van der Waals surface area (Å²) in [7, 11) is 0. The van der Waals surface area contributed by atoms with Crippen molar-refractivity contribution in [1.29, 1.82) is 0 Å². The molecule has 13 nitrogen and oxygen atoms in total. The Morgan fingerprint density at radius 3 is 1.81 bits per heavy atom. The van der Waals surface area contributed by atoms with Crippen molar-refractivity contribution in [3.05, 3.63) is 125 Å². The molecule has 2 saturated heterocycles. The standard InChI is InChI=1S/C30H32ClFN4O.2C4H4O4/c31-23-8-11-26-28(20-23)27(22-6-9-24(32)10-7-22)21-29(26)34-15-12-33(13-16-34)14-17-35-18-19-36(30(35)37)25-4-2-1-3-5-25;2*5-3(6)1-2-4(7)8/h1-11,20,27,29H,12-19,21H2;2*1-2H,(H,5,6)(H,7,8)/b;2*2-1-. The van der Waals surface area contributed by atoms with Crippen molar-refractivity contribution < 1.29 is 48.8 Å². The van der Waals surface area contributed by atoms with Crippen molar-refractivity contribution in [2.75, 3.05) is 57.3 Å². The van der Waals surface area contributed by atoms with Crippen molar-refractivity contribution in [2.24, 2.45) is 0 Å². The number of anilines is 1. The predicted molar refractivity (Wildman–Crippen MR) is 195 cm³/mol. The minimum Gasteiger partial charge on any atom is -0.478 e. The Bertz CT molecular complexity index is 1750. The summed E-state index contributed by atoms with van der Waals surface area (Å²) in [5, 5.41) is 32.0. The first-order valence-electron chi connectivity index (χ1n) is 16.7. The lowest BCUT2D eigenvalue weighted by Gasteiger charge is -2.39. The highest BCUT2D eigenvalue weighted by Gasteiger charge is 2.37. The number of aliphatic carboxylic acids is 4. The molecule has 6 rings (SSSR count). The van der Waals surface area contributed by atoms with E-state index < -0.39 is 23.9 Å². The van der Waals surface area contributed by atoms with Crippen LogP contribution >= 0.6 is 11.6 Å². The summed E-state index contributed by atoms with van der Waals surface area (Å²) in [6.45, 7) is 7.16. The Hall–Kier alpha value is -5.57. The highest BCUT2D eigenvalue weighted by Crippen LogP contribution is 2.47. The molecule has 3 aromatic rings. The van der Waals surface area contributed by atoms with Gasteiger partial charge in [-0.15, -0.1) is 0 Å². The average molecular weight is 751 g/mol. The van der Waals surface area contributed by atoms with Gasteiger partial charge in [-0.3, -0.25) is 14.7 Å². The van der Waals surface area contributed by atoms with Gasteiger partial charge in [-0.2, -0.15) is 0 Å². The molecule has 0 aromatic heterocycles. The third-order valence-electron chi connectivity index (χ3n) is 8.95. The molecule has 53 heavy (non-hydrogen) atoms. The molecule has 0 bridgehead atoms. The summed E-state index contributed by atoms with van der Waals surface area (Å²) >= 11 is 6.39. The average Bonchev–Trinajstić information content (AvgIpc) is 3.70. The number of carbonyl (C=O) groups excluding carboxylic acids is 1. The molecule has 15 heteroatoms. The number of benzene rings is 3. The van der Waals surface area contributed by atoms with Crippen molar-refractivity contribution in [3.63, 3.8) is 0 Å². The second-order valence-electron chi connectivity index (χ2n) is 12.3. The van der Waals surface area contributed by atoms with E-state index in [0.717, 1.165) is 75.1 Å². The van der Waals surface area contributed by atoms with Gasteiger partial charge in [-0.1, -0.05) is 48.0 Å². The van der Waals surface area contributed by atoms with Gasteiger partial charge in [-0.25, -0.2) is 28.4 Å². The van der Waals surface area contributed by atoms with Crippen molar-refractivity contribution in [2.45, 2.75) is 18.4 Å². The van der Waals surface area contributed by atoms with Crippen LogP contribution in [-0.2, 0) is 19.2 Å². The van der Waals surface area contributed by atoms with Crippen molar-refractivity contribution >= 4 is 47.2 Å². The van der Waals surface area contributed by atoms with E-state index in [-0.39, 0.29) is 17.8 Å². The molecule has 2 fully saturated rings. The molecule has 3 aromatic carbocycles. The van der Waals surface area contributed by atoms with Gasteiger partial charge >= 0.3 is 29.9 Å². The fourth-order valence-corrected chi connectivity index (χ4v) is 6.65. The molecule has 2 amide bonds. The van der Waals surface area contributed by atoms with E-state index in [4.69, 9.17) is 32.0 Å². The Morgan fingerprint density at radius 1 is 0.698 bits per heavy atom. The summed E-state index contributed by atoms with van der Waals surface area (Å²) in [5.74, 6) is -5.00. The molecular weight excluding hydrogens is 711 g/mol. The minimum atomic E-state index is -1.26. The number of fused-ring (bicyclic) bond motifs is 1. The van der Waals surface area contributed by atoms with Crippen LogP contribution in [0.4, 0.5) is 14.9 Å². The molecule has 1 aliphatic carbocycles. The fraction of sp³-hybridized carbons (Fsp3) is 0.289. The lowest BCUT2D eigenvalue weighted by molar-refractivity contribution is -0.134. The van der Waals surface area contributed by atoms with Gasteiger partial charge in [0.05, 0.1) is 0 Å². The normalized spacial score (nSPS) is 18.6. The van der Waals surface area contributed by atoms with E-state index >= 15 is 0 Å². The molecule has 3 aliphatic rings. The maximum atomic E-state index is 13.6. The number of carboxylic acid groups (broad SMARTS) is 4. The van der Waals surface area contributed by atoms with E-state index in [0.29, 0.717) is 30.3 Å². The van der Waals surface area contributed by atoms with Crippen LogP contribution in [0, 0.1) is 5.82 Å². The number of carboxylic acids is 4. The smallest absolute Gasteiger partial charge is 0.328 e. The number of rotatable bonds is 10. The van der Waals surface area contributed by atoms with E-state index in [1.807, 2.05) is 58.3 Å². The number of amides is 2. The SMILES string of the molecule is O=C(O)/C=C\C(=O)O.O=C(O)/C=C\C(=O)O.O=C1N(CCN2CCN(C3CC(c4ccc(F)cc4)c4cc(Cl)ccc43)CC2)CCN1c1ccccc1. The summed E-state index contributed by atoms with van der Waals surface area (Å²) in [6.07, 6.45) is 3.22. The maximum Gasteiger partial charge on any atom is 0.328 e. The predicted octanol–water partition coefficient (Wildman–Crippen LogP) is 5.04. The van der Waals surface area contributed by atoms with Crippen LogP contribution in [0.5, 0.6) is 0 Å². The Labute approximate surface area is 310 Å². The minimum absolute atomic E-state index is 0.109. The Morgan fingerprint density at radius 2 is 1.26 bits per heavy atom. The zero-order valence-electron chi connectivity index (χ0n) is 28.6. The van der Waals surface area contributed by atoms with Crippen LogP contribution < -0.4 is 4.90 Å². The molecule has 2 atom stereocenters. The molecule has 0 spiro atoms. The van der Waals surface area contributed by atoms with Gasteiger partial charge in [0.15, 0.2) is 0 Å². The van der Waals surface area contributed by atoms with Gasteiger partial charge < -0.3 is 25.3 Å². The van der Waals surface area contributed by atoms with E-state index in [1.54, 1.807) is 12.1 Å². The summed E-state index contributed by atoms with van der Waals surface area (Å²) in [5.41, 5.74) is 4.73. The summed E-state index contributed by atoms with van der Waals surface area (Å²) in [6, 6.07) is 23.5. The van der Waals surface area contributed by atoms with E-state index in [9.17, 15) is 28.4 Å². The second-order valence-corrected chi connectivity index (χ2v) is 12.7. The van der Waals surface area contributed by atoms with Crippen LogP contribution in [0.3, 0.4) is 0 Å². The van der Waals surface area contributed by atoms with Crippen LogP contribution in [0.1, 0.15) is 35.1 Å². The monoisotopic (exact) mass is 750 g/mol. The number of para-hydroxylation sites is 1. The van der Waals surface area contributed by atoms with E-state index in [2.05, 4.69) is 21.9 Å². The Balaban J connectivity index is 0.000000329. The number of urea groups is 1. The number of hydrogen-bond donors (Lipinski definition) is 4. The molecule has 0 radical (unpaired) electrons. The lowest BCUT2D eigenvalue weighted by atomic mass is 9.93. The zero-order chi connectivity index (χ0) is 38.5. The van der Waals surface area contributed by atoms with E-state index in [1.165, 1.54) is 11.1 Å². The third kappa shape index (κ3) is 12.0. The zero-order valence-corrected chi connectivity index (χ0v) is 29.4. The van der Waals surface area contributed by atoms with Crippen LogP contribution in [0.2, 0.25) is 5.02 Å². The van der Waals surface area contributed by atoms with Gasteiger partial charge in [-0.05, 0) is 59.5 Å². The number of nitrogens with zero attached hydrogens (tertiary/aromatic N) is 4. The molecule has 4 N–H and O–H groups in total. The number of halogens is 2. The quantitative estimate of drug-likeness (QED) is 0.204. The number of piperazine rings is 1. The second kappa shape index (κ2) is 19.3. The molecule has 2 aliphatic heterocycles. The first kappa shape index (κ1) is 40.2. The highest BCUT2D eigenvalue weighted by molar-refractivity contribution is 6.30. The Kier molecular flexibility index (Phi) is 14.7. The number of carbonyl (C=O) groups is 5. The third-order valence-corrected chi connectivity index (χ3v) is 9.18. The van der Waals surface area contributed by atoms with Gasteiger partial charge in [0.2, 0.25) is 0 Å². The summed E-state index contributed by atoms with van der Waals surface area (Å²) < 4.78 is 13.6. The summed E-state index contributed by atoms with van der Waals surface area (Å²) in [4.78, 5) is 60.0. The maximum absolute atomic E-state index is 13.6. The van der Waals surface area contributed by atoms with Gasteiger partial charge in [0.25, 0.3) is 0 Å². The first-order chi connectivity index (χ1) is 25.3.